The van der Waals surface area contributed by atoms with Gasteiger partial charge in [0.25, 0.3) is 0 Å². The summed E-state index contributed by atoms with van der Waals surface area (Å²) in [6.45, 7) is 5.88. The second kappa shape index (κ2) is 58.5. The number of carboxylic acids is 1. The molecule has 0 aromatic heterocycles. The van der Waals surface area contributed by atoms with Gasteiger partial charge in [-0.05, 0) is 89.9 Å². The quantitative estimate of drug-likeness (QED) is 0.0228. The molecule has 1 heterocycles. The van der Waals surface area contributed by atoms with Crippen LogP contribution in [0.2, 0.25) is 0 Å². The predicted molar refractivity (Wildman–Crippen MR) is 340 cm³/mol. The maximum absolute atomic E-state index is 13.2. The first-order valence-electron chi connectivity index (χ1n) is 33.9. The number of carbonyl (C=O) groups excluding carboxylic acids is 3. The van der Waals surface area contributed by atoms with Gasteiger partial charge in [0, 0.05) is 19.3 Å². The number of ether oxygens (including phenoxy) is 5. The maximum atomic E-state index is 13.2. The predicted octanol–water partition coefficient (Wildman–Crippen LogP) is 18.5. The van der Waals surface area contributed by atoms with E-state index in [9.17, 15) is 34.5 Å². The number of carbonyl (C=O) groups is 4. The number of rotatable bonds is 58. The number of aliphatic carboxylic acids is 1. The van der Waals surface area contributed by atoms with Crippen molar-refractivity contribution in [2.45, 2.75) is 340 Å². The van der Waals surface area contributed by atoms with Crippen LogP contribution >= 0.6 is 0 Å². The minimum Gasteiger partial charge on any atom is -0.479 e. The number of allylic oxidation sites excluding steroid dienone is 12. The third kappa shape index (κ3) is 48.0. The normalized spacial score (nSPS) is 18.0. The second-order valence-electron chi connectivity index (χ2n) is 23.1. The molecule has 6 atom stereocenters. The summed E-state index contributed by atoms with van der Waals surface area (Å²) >= 11 is 0. The molecule has 478 valence electrons. The van der Waals surface area contributed by atoms with Crippen molar-refractivity contribution in [2.24, 2.45) is 0 Å². The fraction of sp³-hybridized carbons (Fsp3) is 0.775. The molecule has 0 aliphatic carbocycles. The van der Waals surface area contributed by atoms with Crippen molar-refractivity contribution in [1.82, 2.24) is 0 Å². The molecule has 0 radical (unpaired) electrons. The third-order valence-electron chi connectivity index (χ3n) is 15.3. The Balaban J connectivity index is 2.65. The Bertz CT molecular complexity index is 1720. The van der Waals surface area contributed by atoms with Gasteiger partial charge in [0.2, 0.25) is 0 Å². The number of aliphatic hydroxyl groups is 2. The standard InChI is InChI=1S/C71H122O12/c1-4-7-10-13-16-19-22-25-28-31-32-35-38-41-44-47-50-53-56-59-65(74)82-69-67(76)66(75)68(70(77)78)83-71(69)80-61-62(81-64(73)58-55-52-49-46-43-40-37-34-30-27-24-21-18-15-12-9-6-3)60-79-63(72)57-54-51-48-45-42-39-36-33-29-26-23-20-17-14-11-8-5-2/h8,11,16-17,19-20,25-26,28-29,36,39,62,66-69,71,75-76H,4-7,9-10,12-15,18,21-24,27,30-35,37-38,40-61H2,1-3H3,(H,77,78)/b11-8-,19-16-,20-17-,28-25-,29-26-,39-36-. The lowest BCUT2D eigenvalue weighted by molar-refractivity contribution is -0.301. The van der Waals surface area contributed by atoms with Gasteiger partial charge in [0.15, 0.2) is 24.6 Å². The zero-order chi connectivity index (χ0) is 60.3. The molecule has 1 fully saturated rings. The van der Waals surface area contributed by atoms with Gasteiger partial charge in [0.1, 0.15) is 18.8 Å². The first-order chi connectivity index (χ1) is 40.6. The Morgan fingerprint density at radius 3 is 1.18 bits per heavy atom. The number of hydrogen-bond acceptors (Lipinski definition) is 11. The Morgan fingerprint density at radius 2 is 0.759 bits per heavy atom. The van der Waals surface area contributed by atoms with E-state index in [1.165, 1.54) is 135 Å². The monoisotopic (exact) mass is 1170 g/mol. The molecule has 1 aliphatic heterocycles. The van der Waals surface area contributed by atoms with Crippen LogP contribution < -0.4 is 0 Å². The molecule has 0 bridgehead atoms. The number of esters is 3. The van der Waals surface area contributed by atoms with Crippen molar-refractivity contribution < 1.29 is 58.2 Å². The van der Waals surface area contributed by atoms with E-state index < -0.39 is 67.3 Å². The summed E-state index contributed by atoms with van der Waals surface area (Å²) in [4.78, 5) is 51.4. The van der Waals surface area contributed by atoms with E-state index in [0.29, 0.717) is 19.3 Å². The molecule has 0 amide bonds. The van der Waals surface area contributed by atoms with Gasteiger partial charge in [0.05, 0.1) is 6.61 Å². The summed E-state index contributed by atoms with van der Waals surface area (Å²) in [5.74, 6) is -3.13. The average Bonchev–Trinajstić information content (AvgIpc) is 3.58. The fourth-order valence-electron chi connectivity index (χ4n) is 10.1. The molecule has 0 spiro atoms. The van der Waals surface area contributed by atoms with Crippen LogP contribution in [-0.2, 0) is 42.9 Å². The molecule has 0 saturated carbocycles. The van der Waals surface area contributed by atoms with Gasteiger partial charge >= 0.3 is 23.9 Å². The summed E-state index contributed by atoms with van der Waals surface area (Å²) in [7, 11) is 0. The summed E-state index contributed by atoms with van der Waals surface area (Å²) < 4.78 is 28.6. The number of carboxylic acid groups (broad SMARTS) is 1. The van der Waals surface area contributed by atoms with Crippen LogP contribution in [0.15, 0.2) is 72.9 Å². The van der Waals surface area contributed by atoms with Gasteiger partial charge < -0.3 is 39.0 Å². The number of unbranched alkanes of at least 4 members (excludes halogenated alkanes) is 32. The van der Waals surface area contributed by atoms with E-state index in [0.717, 1.165) is 109 Å². The van der Waals surface area contributed by atoms with Crippen LogP contribution in [0.5, 0.6) is 0 Å². The molecule has 1 aliphatic rings. The van der Waals surface area contributed by atoms with Gasteiger partial charge in [-0.2, -0.15) is 0 Å². The zero-order valence-electron chi connectivity index (χ0n) is 52.9. The van der Waals surface area contributed by atoms with Crippen LogP contribution in [0.4, 0.5) is 0 Å². The molecular formula is C71H122O12. The van der Waals surface area contributed by atoms with E-state index in [1.54, 1.807) is 0 Å². The molecule has 0 aromatic rings. The van der Waals surface area contributed by atoms with E-state index in [1.807, 2.05) is 0 Å². The van der Waals surface area contributed by atoms with Crippen molar-refractivity contribution in [3.8, 4) is 0 Å². The molecule has 1 saturated heterocycles. The molecule has 3 N–H and O–H groups in total. The van der Waals surface area contributed by atoms with Crippen molar-refractivity contribution in [3.63, 3.8) is 0 Å². The van der Waals surface area contributed by atoms with Gasteiger partial charge in [-0.15, -0.1) is 0 Å². The first-order valence-corrected chi connectivity index (χ1v) is 33.9. The molecule has 0 aromatic carbocycles. The van der Waals surface area contributed by atoms with Crippen molar-refractivity contribution >= 4 is 23.9 Å². The van der Waals surface area contributed by atoms with E-state index in [2.05, 4.69) is 93.7 Å². The average molecular weight is 1170 g/mol. The van der Waals surface area contributed by atoms with Crippen molar-refractivity contribution in [2.75, 3.05) is 13.2 Å². The van der Waals surface area contributed by atoms with Gasteiger partial charge in [-0.25, -0.2) is 4.79 Å². The van der Waals surface area contributed by atoms with Crippen LogP contribution in [0.25, 0.3) is 0 Å². The topological polar surface area (TPSA) is 175 Å². The van der Waals surface area contributed by atoms with E-state index in [-0.39, 0.29) is 25.9 Å². The Hall–Kier alpha value is -3.84. The Kier molecular flexibility index (Phi) is 54.4. The van der Waals surface area contributed by atoms with Crippen molar-refractivity contribution in [3.05, 3.63) is 72.9 Å². The second-order valence-corrected chi connectivity index (χ2v) is 23.1. The fourth-order valence-corrected chi connectivity index (χ4v) is 10.1. The van der Waals surface area contributed by atoms with Crippen LogP contribution in [0, 0.1) is 0 Å². The Labute approximate surface area is 506 Å². The first kappa shape index (κ1) is 77.2. The number of hydrogen-bond donors (Lipinski definition) is 3. The minimum atomic E-state index is -1.91. The van der Waals surface area contributed by atoms with Crippen LogP contribution in [-0.4, -0.2) is 89.2 Å². The summed E-state index contributed by atoms with van der Waals surface area (Å²) in [5, 5.41) is 31.6. The lowest BCUT2D eigenvalue weighted by Crippen LogP contribution is -2.61. The Morgan fingerprint density at radius 1 is 0.410 bits per heavy atom. The molecule has 6 unspecified atom stereocenters. The summed E-state index contributed by atoms with van der Waals surface area (Å²) in [6, 6.07) is 0. The highest BCUT2D eigenvalue weighted by Gasteiger charge is 2.50. The largest absolute Gasteiger partial charge is 0.479 e. The smallest absolute Gasteiger partial charge is 0.335 e. The highest BCUT2D eigenvalue weighted by molar-refractivity contribution is 5.74. The molecular weight excluding hydrogens is 1040 g/mol. The lowest BCUT2D eigenvalue weighted by Gasteiger charge is -2.40. The molecule has 83 heavy (non-hydrogen) atoms. The lowest BCUT2D eigenvalue weighted by atomic mass is 9.98. The summed E-state index contributed by atoms with van der Waals surface area (Å²) in [6.07, 6.45) is 62.8. The third-order valence-corrected chi connectivity index (χ3v) is 15.3. The van der Waals surface area contributed by atoms with E-state index in [4.69, 9.17) is 23.7 Å². The van der Waals surface area contributed by atoms with Gasteiger partial charge in [-0.1, -0.05) is 267 Å². The zero-order valence-corrected chi connectivity index (χ0v) is 52.9. The summed E-state index contributed by atoms with van der Waals surface area (Å²) in [5.41, 5.74) is 0. The SMILES string of the molecule is CC/C=C\C/C=C\C/C=C\C/C=C\CCCCCCC(=O)OCC(COC1OC(C(=O)O)C(O)C(O)C1OC(=O)CCCCCCCCCCC/C=C\C/C=C\CCCCC)OC(=O)CCCCCCCCCCCCCCCCCCC. The van der Waals surface area contributed by atoms with Crippen molar-refractivity contribution in [1.29, 1.82) is 0 Å². The minimum absolute atomic E-state index is 0.0530. The highest BCUT2D eigenvalue weighted by atomic mass is 16.7. The van der Waals surface area contributed by atoms with Crippen LogP contribution in [0.3, 0.4) is 0 Å². The van der Waals surface area contributed by atoms with E-state index >= 15 is 0 Å². The highest BCUT2D eigenvalue weighted by Crippen LogP contribution is 2.27. The molecule has 12 heteroatoms. The molecule has 12 nitrogen and oxygen atoms in total. The van der Waals surface area contributed by atoms with Gasteiger partial charge in [-0.3, -0.25) is 14.4 Å². The molecule has 1 rings (SSSR count). The maximum Gasteiger partial charge on any atom is 0.335 e. The van der Waals surface area contributed by atoms with Crippen LogP contribution in [0.1, 0.15) is 303 Å². The number of aliphatic hydroxyl groups excluding tert-OH is 2.